The van der Waals surface area contributed by atoms with Gasteiger partial charge in [-0.15, -0.1) is 11.3 Å². The lowest BCUT2D eigenvalue weighted by molar-refractivity contribution is -0.146. The van der Waals surface area contributed by atoms with E-state index in [9.17, 15) is 4.79 Å². The molecule has 1 atom stereocenters. The lowest BCUT2D eigenvalue weighted by Gasteiger charge is -2.23. The van der Waals surface area contributed by atoms with Crippen LogP contribution >= 0.6 is 11.3 Å². The van der Waals surface area contributed by atoms with Gasteiger partial charge in [0.15, 0.2) is 17.6 Å². The van der Waals surface area contributed by atoms with Crippen LogP contribution < -0.4 is 9.47 Å². The maximum atomic E-state index is 12.7. The van der Waals surface area contributed by atoms with Crippen LogP contribution in [0.25, 0.3) is 0 Å². The molecule has 2 heterocycles. The van der Waals surface area contributed by atoms with E-state index in [2.05, 4.69) is 13.8 Å². The molecule has 1 aliphatic rings. The summed E-state index contributed by atoms with van der Waals surface area (Å²) in [5, 5.41) is 1.96. The molecule has 0 N–H and O–H groups in total. The molecule has 0 saturated heterocycles. The van der Waals surface area contributed by atoms with Crippen LogP contribution in [-0.4, -0.2) is 12.8 Å². The van der Waals surface area contributed by atoms with Crippen molar-refractivity contribution >= 4 is 17.3 Å². The molecular weight excluding hydrogens is 372 g/mol. The third-order valence-corrected chi connectivity index (χ3v) is 5.61. The molecule has 0 bridgehead atoms. The molecule has 4 nitrogen and oxygen atoms in total. The third-order valence-electron chi connectivity index (χ3n) is 4.73. The van der Waals surface area contributed by atoms with E-state index in [-0.39, 0.29) is 25.1 Å². The SMILES string of the molecule is CC(C)c1cc2c(cc1C(OC(=O)Cc1cccs1)c1ccccc1)OCO2. The molecule has 0 radical (unpaired) electrons. The third kappa shape index (κ3) is 3.90. The fraction of sp³-hybridized carbons (Fsp3) is 0.261. The minimum Gasteiger partial charge on any atom is -0.454 e. The van der Waals surface area contributed by atoms with E-state index in [4.69, 9.17) is 14.2 Å². The Hall–Kier alpha value is -2.79. The molecule has 1 unspecified atom stereocenters. The van der Waals surface area contributed by atoms with E-state index in [1.54, 1.807) is 11.3 Å². The summed E-state index contributed by atoms with van der Waals surface area (Å²) in [6.45, 7) is 4.46. The van der Waals surface area contributed by atoms with Gasteiger partial charge in [0.25, 0.3) is 0 Å². The molecule has 5 heteroatoms. The van der Waals surface area contributed by atoms with Crippen molar-refractivity contribution in [3.63, 3.8) is 0 Å². The minimum atomic E-state index is -0.499. The normalized spacial score (nSPS) is 13.5. The lowest BCUT2D eigenvalue weighted by Crippen LogP contribution is -2.16. The van der Waals surface area contributed by atoms with E-state index < -0.39 is 6.10 Å². The number of rotatable bonds is 6. The van der Waals surface area contributed by atoms with E-state index in [1.807, 2.05) is 60.0 Å². The van der Waals surface area contributed by atoms with E-state index in [0.29, 0.717) is 5.75 Å². The van der Waals surface area contributed by atoms with Crippen LogP contribution in [0.15, 0.2) is 60.0 Å². The van der Waals surface area contributed by atoms with Gasteiger partial charge in [0.1, 0.15) is 0 Å². The van der Waals surface area contributed by atoms with Gasteiger partial charge >= 0.3 is 5.97 Å². The fourth-order valence-corrected chi connectivity index (χ4v) is 4.06. The highest BCUT2D eigenvalue weighted by Crippen LogP contribution is 2.42. The van der Waals surface area contributed by atoms with Crippen LogP contribution in [0.5, 0.6) is 11.5 Å². The second-order valence-electron chi connectivity index (χ2n) is 7.03. The summed E-state index contributed by atoms with van der Waals surface area (Å²) < 4.78 is 17.2. The Labute approximate surface area is 168 Å². The first-order valence-electron chi connectivity index (χ1n) is 9.32. The maximum Gasteiger partial charge on any atom is 0.312 e. The summed E-state index contributed by atoms with van der Waals surface area (Å²) in [5.41, 5.74) is 2.95. The molecular formula is C23H22O4S. The van der Waals surface area contributed by atoms with Gasteiger partial charge in [-0.25, -0.2) is 0 Å². The first kappa shape index (κ1) is 18.6. The Kier molecular flexibility index (Phi) is 5.35. The second-order valence-corrected chi connectivity index (χ2v) is 8.06. The summed E-state index contributed by atoms with van der Waals surface area (Å²) in [5.74, 6) is 1.43. The van der Waals surface area contributed by atoms with Crippen molar-refractivity contribution in [2.45, 2.75) is 32.3 Å². The van der Waals surface area contributed by atoms with Crippen molar-refractivity contribution in [3.05, 3.63) is 81.5 Å². The zero-order chi connectivity index (χ0) is 19.5. The van der Waals surface area contributed by atoms with Gasteiger partial charge in [0.2, 0.25) is 6.79 Å². The van der Waals surface area contributed by atoms with Crippen LogP contribution in [0.2, 0.25) is 0 Å². The van der Waals surface area contributed by atoms with Crippen LogP contribution in [-0.2, 0) is 16.0 Å². The van der Waals surface area contributed by atoms with Crippen molar-refractivity contribution in [1.82, 2.24) is 0 Å². The van der Waals surface area contributed by atoms with Crippen LogP contribution in [0.3, 0.4) is 0 Å². The quantitative estimate of drug-likeness (QED) is 0.520. The first-order valence-corrected chi connectivity index (χ1v) is 10.2. The molecule has 1 aliphatic heterocycles. The molecule has 2 aromatic carbocycles. The van der Waals surface area contributed by atoms with E-state index >= 15 is 0 Å². The minimum absolute atomic E-state index is 0.213. The maximum absolute atomic E-state index is 12.7. The zero-order valence-electron chi connectivity index (χ0n) is 15.9. The topological polar surface area (TPSA) is 44.8 Å². The second kappa shape index (κ2) is 8.07. The Morgan fingerprint density at radius 3 is 2.39 bits per heavy atom. The highest BCUT2D eigenvalue weighted by molar-refractivity contribution is 7.10. The molecule has 0 aliphatic carbocycles. The predicted molar refractivity (Wildman–Crippen MR) is 109 cm³/mol. The van der Waals surface area contributed by atoms with Gasteiger partial charge in [0.05, 0.1) is 6.42 Å². The average Bonchev–Trinajstić information content (AvgIpc) is 3.37. The molecule has 1 aromatic heterocycles. The van der Waals surface area contributed by atoms with Crippen molar-refractivity contribution in [3.8, 4) is 11.5 Å². The van der Waals surface area contributed by atoms with E-state index in [0.717, 1.165) is 27.3 Å². The number of fused-ring (bicyclic) bond motifs is 1. The van der Waals surface area contributed by atoms with E-state index in [1.165, 1.54) is 0 Å². The summed E-state index contributed by atoms with van der Waals surface area (Å²) in [4.78, 5) is 13.7. The molecule has 0 spiro atoms. The van der Waals surface area contributed by atoms with Crippen LogP contribution in [0.1, 0.15) is 47.4 Å². The van der Waals surface area contributed by atoms with Crippen molar-refractivity contribution in [2.75, 3.05) is 6.79 Å². The molecule has 0 saturated carbocycles. The molecule has 3 aromatic rings. The molecule has 144 valence electrons. The monoisotopic (exact) mass is 394 g/mol. The van der Waals surface area contributed by atoms with Gasteiger partial charge in [-0.05, 0) is 40.6 Å². The summed E-state index contributed by atoms with van der Waals surface area (Å²) >= 11 is 1.56. The number of hydrogen-bond donors (Lipinski definition) is 0. The standard InChI is InChI=1S/C23H22O4S/c1-15(2)18-12-20-21(26-14-25-20)13-19(18)23(16-7-4-3-5-8-16)27-22(24)11-17-9-6-10-28-17/h3-10,12-13,15,23H,11,14H2,1-2H3. The van der Waals surface area contributed by atoms with Gasteiger partial charge < -0.3 is 14.2 Å². The number of hydrogen-bond acceptors (Lipinski definition) is 5. The van der Waals surface area contributed by atoms with Crippen LogP contribution in [0.4, 0.5) is 0 Å². The smallest absolute Gasteiger partial charge is 0.312 e. The van der Waals surface area contributed by atoms with Crippen molar-refractivity contribution < 1.29 is 19.0 Å². The Bertz CT molecular complexity index is 948. The molecule has 0 fully saturated rings. The van der Waals surface area contributed by atoms with Gasteiger partial charge in [-0.3, -0.25) is 4.79 Å². The zero-order valence-corrected chi connectivity index (χ0v) is 16.7. The number of carbonyl (C=O) groups excluding carboxylic acids is 1. The van der Waals surface area contributed by atoms with Crippen molar-refractivity contribution in [1.29, 1.82) is 0 Å². The summed E-state index contributed by atoms with van der Waals surface area (Å²) in [6.07, 6.45) is -0.233. The number of thiophene rings is 1. The predicted octanol–water partition coefficient (Wildman–Crippen LogP) is 5.48. The van der Waals surface area contributed by atoms with Gasteiger partial charge in [-0.1, -0.05) is 50.2 Å². The Balaban J connectivity index is 1.72. The Morgan fingerprint density at radius 2 is 1.75 bits per heavy atom. The number of esters is 1. The number of ether oxygens (including phenoxy) is 3. The lowest BCUT2D eigenvalue weighted by atomic mass is 9.90. The highest BCUT2D eigenvalue weighted by Gasteiger charge is 2.27. The highest BCUT2D eigenvalue weighted by atomic mass is 32.1. The summed E-state index contributed by atoms with van der Waals surface area (Å²) in [7, 11) is 0. The van der Waals surface area contributed by atoms with Crippen LogP contribution in [0, 0.1) is 0 Å². The first-order chi connectivity index (χ1) is 13.6. The molecule has 0 amide bonds. The number of carbonyl (C=O) groups is 1. The Morgan fingerprint density at radius 1 is 1.04 bits per heavy atom. The summed E-state index contributed by atoms with van der Waals surface area (Å²) in [6, 6.07) is 17.7. The molecule has 28 heavy (non-hydrogen) atoms. The van der Waals surface area contributed by atoms with Gasteiger partial charge in [0, 0.05) is 10.4 Å². The fourth-order valence-electron chi connectivity index (χ4n) is 3.37. The average molecular weight is 394 g/mol. The molecule has 4 rings (SSSR count). The largest absolute Gasteiger partial charge is 0.454 e. The number of benzene rings is 2. The van der Waals surface area contributed by atoms with Crippen molar-refractivity contribution in [2.24, 2.45) is 0 Å². The van der Waals surface area contributed by atoms with Gasteiger partial charge in [-0.2, -0.15) is 0 Å².